The van der Waals surface area contributed by atoms with Gasteiger partial charge in [-0.1, -0.05) is 35.9 Å². The lowest BCUT2D eigenvalue weighted by molar-refractivity contribution is -0.152. The number of hydrogen-bond donors (Lipinski definition) is 0. The molecule has 0 aromatic heterocycles. The first-order valence-corrected chi connectivity index (χ1v) is 9.06. The first kappa shape index (κ1) is 21.4. The van der Waals surface area contributed by atoms with Crippen molar-refractivity contribution in [2.24, 2.45) is 0 Å². The zero-order valence-electron chi connectivity index (χ0n) is 16.3. The summed E-state index contributed by atoms with van der Waals surface area (Å²) >= 11 is 6.13. The van der Waals surface area contributed by atoms with Crippen molar-refractivity contribution in [3.63, 3.8) is 0 Å². The summed E-state index contributed by atoms with van der Waals surface area (Å²) in [4.78, 5) is 40.3. The normalized spacial score (nSPS) is 10.9. The van der Waals surface area contributed by atoms with Gasteiger partial charge in [0.15, 0.2) is 0 Å². The van der Waals surface area contributed by atoms with Gasteiger partial charge < -0.3 is 9.64 Å². The van der Waals surface area contributed by atoms with Crippen molar-refractivity contribution >= 4 is 40.8 Å². The second-order valence-corrected chi connectivity index (χ2v) is 7.13. The summed E-state index contributed by atoms with van der Waals surface area (Å²) in [7, 11) is 1.23. The number of halogens is 1. The topological polar surface area (TPSA) is 66.9 Å². The van der Waals surface area contributed by atoms with E-state index in [9.17, 15) is 14.4 Å². The number of esters is 1. The van der Waals surface area contributed by atoms with Crippen molar-refractivity contribution in [2.45, 2.75) is 26.3 Å². The molecule has 0 aliphatic rings. The number of carbonyl (C=O) groups excluding carboxylic acids is 3. The molecular formula is C21H23ClN2O4. The maximum absolute atomic E-state index is 13.6. The van der Waals surface area contributed by atoms with E-state index < -0.39 is 17.4 Å². The first-order valence-electron chi connectivity index (χ1n) is 8.68. The lowest BCUT2D eigenvalue weighted by Crippen LogP contribution is -2.58. The van der Waals surface area contributed by atoms with Crippen LogP contribution in [-0.2, 0) is 19.1 Å². The van der Waals surface area contributed by atoms with Crippen LogP contribution in [0.15, 0.2) is 54.6 Å². The van der Waals surface area contributed by atoms with Crippen LogP contribution in [0, 0.1) is 0 Å². The molecular weight excluding hydrogens is 380 g/mol. The molecule has 0 aliphatic carbocycles. The molecule has 2 amide bonds. The van der Waals surface area contributed by atoms with Crippen LogP contribution in [0.2, 0.25) is 5.02 Å². The number of benzene rings is 2. The number of anilines is 2. The molecule has 0 aliphatic heterocycles. The minimum atomic E-state index is -1.32. The maximum atomic E-state index is 13.6. The van der Waals surface area contributed by atoms with Crippen molar-refractivity contribution in [1.29, 1.82) is 0 Å². The van der Waals surface area contributed by atoms with Crippen molar-refractivity contribution in [1.82, 2.24) is 4.90 Å². The number of para-hydroxylation sites is 1. The Bertz CT molecular complexity index is 868. The number of rotatable bonds is 6. The number of nitrogens with zero attached hydrogens (tertiary/aromatic N) is 2. The highest BCUT2D eigenvalue weighted by molar-refractivity contribution is 6.31. The van der Waals surface area contributed by atoms with Crippen molar-refractivity contribution < 1.29 is 19.1 Å². The molecule has 0 atom stereocenters. The van der Waals surface area contributed by atoms with Gasteiger partial charge in [0.25, 0.3) is 5.91 Å². The molecule has 148 valence electrons. The molecule has 0 spiro atoms. The zero-order chi connectivity index (χ0) is 20.9. The van der Waals surface area contributed by atoms with Gasteiger partial charge in [-0.05, 0) is 44.2 Å². The first-order chi connectivity index (χ1) is 13.2. The van der Waals surface area contributed by atoms with Crippen molar-refractivity contribution in [3.8, 4) is 0 Å². The van der Waals surface area contributed by atoms with Gasteiger partial charge in [-0.15, -0.1) is 0 Å². The minimum absolute atomic E-state index is 0.331. The molecule has 2 rings (SSSR count). The van der Waals surface area contributed by atoms with E-state index in [1.165, 1.54) is 23.8 Å². The SMILES string of the molecule is COC(=O)CN(C(C)=O)C(C)(C)C(=O)N(c1ccccc1)c1cccc(Cl)c1. The average Bonchev–Trinajstić information content (AvgIpc) is 2.66. The summed E-state index contributed by atoms with van der Waals surface area (Å²) < 4.78 is 4.68. The predicted molar refractivity (Wildman–Crippen MR) is 109 cm³/mol. The van der Waals surface area contributed by atoms with Crippen LogP contribution in [0.3, 0.4) is 0 Å². The summed E-state index contributed by atoms with van der Waals surface area (Å²) in [5.41, 5.74) is -0.152. The fourth-order valence-corrected chi connectivity index (χ4v) is 3.05. The molecule has 0 saturated heterocycles. The number of ether oxygens (including phenoxy) is 1. The predicted octanol–water partition coefficient (Wildman–Crippen LogP) is 3.80. The second-order valence-electron chi connectivity index (χ2n) is 6.70. The molecule has 28 heavy (non-hydrogen) atoms. The van der Waals surface area contributed by atoms with E-state index in [0.29, 0.717) is 16.4 Å². The van der Waals surface area contributed by atoms with E-state index in [1.807, 2.05) is 18.2 Å². The lowest BCUT2D eigenvalue weighted by Gasteiger charge is -2.39. The van der Waals surface area contributed by atoms with Gasteiger partial charge in [-0.2, -0.15) is 0 Å². The standard InChI is InChI=1S/C21H23ClN2O4/c1-15(25)23(14-19(26)28-4)21(2,3)20(27)24(17-10-6-5-7-11-17)18-12-8-9-16(22)13-18/h5-13H,14H2,1-4H3. The Balaban J connectivity index is 2.54. The molecule has 0 saturated carbocycles. The largest absolute Gasteiger partial charge is 0.468 e. The Kier molecular flexibility index (Phi) is 6.80. The van der Waals surface area contributed by atoms with Gasteiger partial charge in [-0.3, -0.25) is 19.3 Å². The molecule has 0 radical (unpaired) electrons. The van der Waals surface area contributed by atoms with Gasteiger partial charge in [0.2, 0.25) is 5.91 Å². The van der Waals surface area contributed by atoms with Crippen LogP contribution in [0.4, 0.5) is 11.4 Å². The van der Waals surface area contributed by atoms with Crippen molar-refractivity contribution in [3.05, 3.63) is 59.6 Å². The Hall–Kier alpha value is -2.86. The van der Waals surface area contributed by atoms with Crippen LogP contribution in [0.5, 0.6) is 0 Å². The van der Waals surface area contributed by atoms with Crippen LogP contribution >= 0.6 is 11.6 Å². The van der Waals surface area contributed by atoms with E-state index in [-0.39, 0.29) is 12.5 Å². The molecule has 0 unspecified atom stereocenters. The Labute approximate surface area is 169 Å². The van der Waals surface area contributed by atoms with Crippen LogP contribution in [0.25, 0.3) is 0 Å². The van der Waals surface area contributed by atoms with Gasteiger partial charge in [-0.25, -0.2) is 0 Å². The van der Waals surface area contributed by atoms with E-state index in [4.69, 9.17) is 11.6 Å². The third kappa shape index (κ3) is 4.70. The highest BCUT2D eigenvalue weighted by Crippen LogP contribution is 2.32. The number of carbonyl (C=O) groups is 3. The Morgan fingerprint density at radius 1 is 1.00 bits per heavy atom. The third-order valence-electron chi connectivity index (χ3n) is 4.38. The van der Waals surface area contributed by atoms with Gasteiger partial charge >= 0.3 is 5.97 Å². The minimum Gasteiger partial charge on any atom is -0.468 e. The van der Waals surface area contributed by atoms with Crippen LogP contribution < -0.4 is 4.90 Å². The molecule has 7 heteroatoms. The highest BCUT2D eigenvalue weighted by Gasteiger charge is 2.41. The van der Waals surface area contributed by atoms with Gasteiger partial charge in [0.05, 0.1) is 12.8 Å². The number of amides is 2. The molecule has 2 aromatic carbocycles. The highest BCUT2D eigenvalue weighted by atomic mass is 35.5. The van der Waals surface area contributed by atoms with E-state index in [2.05, 4.69) is 4.74 Å². The van der Waals surface area contributed by atoms with Gasteiger partial charge in [0.1, 0.15) is 12.1 Å². The Morgan fingerprint density at radius 3 is 2.14 bits per heavy atom. The van der Waals surface area contributed by atoms with Crippen LogP contribution in [-0.4, -0.2) is 41.9 Å². The van der Waals surface area contributed by atoms with E-state index in [0.717, 1.165) is 0 Å². The van der Waals surface area contributed by atoms with E-state index in [1.54, 1.807) is 50.2 Å². The fraction of sp³-hybridized carbons (Fsp3) is 0.286. The summed E-state index contributed by atoms with van der Waals surface area (Å²) in [6.45, 7) is 4.17. The average molecular weight is 403 g/mol. The summed E-state index contributed by atoms with van der Waals surface area (Å²) in [6, 6.07) is 15.9. The Morgan fingerprint density at radius 2 is 1.61 bits per heavy atom. The fourth-order valence-electron chi connectivity index (χ4n) is 2.86. The molecule has 0 N–H and O–H groups in total. The monoisotopic (exact) mass is 402 g/mol. The van der Waals surface area contributed by atoms with E-state index >= 15 is 0 Å². The van der Waals surface area contributed by atoms with Crippen molar-refractivity contribution in [2.75, 3.05) is 18.6 Å². The van der Waals surface area contributed by atoms with Gasteiger partial charge in [0, 0.05) is 17.6 Å². The number of methoxy groups -OCH3 is 1. The summed E-state index contributed by atoms with van der Waals surface area (Å²) in [5.74, 6) is -1.41. The summed E-state index contributed by atoms with van der Waals surface area (Å²) in [6.07, 6.45) is 0. The quantitative estimate of drug-likeness (QED) is 0.689. The second kappa shape index (κ2) is 8.89. The molecule has 0 heterocycles. The molecule has 6 nitrogen and oxygen atoms in total. The van der Waals surface area contributed by atoms with Crippen LogP contribution in [0.1, 0.15) is 20.8 Å². The maximum Gasteiger partial charge on any atom is 0.325 e. The molecule has 2 aromatic rings. The zero-order valence-corrected chi connectivity index (χ0v) is 17.1. The third-order valence-corrected chi connectivity index (χ3v) is 4.61. The number of hydrogen-bond acceptors (Lipinski definition) is 4. The molecule has 0 bridgehead atoms. The molecule has 0 fully saturated rings. The summed E-state index contributed by atoms with van der Waals surface area (Å²) in [5, 5.41) is 0.474. The smallest absolute Gasteiger partial charge is 0.325 e. The lowest BCUT2D eigenvalue weighted by atomic mass is 9.99.